The van der Waals surface area contributed by atoms with Gasteiger partial charge in [-0.25, -0.2) is 9.97 Å². The summed E-state index contributed by atoms with van der Waals surface area (Å²) in [5.41, 5.74) is 2.02. The predicted molar refractivity (Wildman–Crippen MR) is 150 cm³/mol. The van der Waals surface area contributed by atoms with Crippen molar-refractivity contribution in [2.45, 2.75) is 44.8 Å². The molecule has 4 rings (SSSR count). The third-order valence-electron chi connectivity index (χ3n) is 5.91. The van der Waals surface area contributed by atoms with Gasteiger partial charge in [0, 0.05) is 35.5 Å². The van der Waals surface area contributed by atoms with Crippen LogP contribution in [0.5, 0.6) is 0 Å². The van der Waals surface area contributed by atoms with Gasteiger partial charge in [0.15, 0.2) is 5.82 Å². The Bertz CT molecular complexity index is 1410. The molecule has 4 aromatic rings. The number of carbonyl (C=O) groups excluding carboxylic acids is 2. The van der Waals surface area contributed by atoms with Crippen molar-refractivity contribution in [3.05, 3.63) is 93.9 Å². The van der Waals surface area contributed by atoms with Crippen LogP contribution in [0.1, 0.15) is 46.4 Å². The molecule has 0 radical (unpaired) electrons. The van der Waals surface area contributed by atoms with Crippen molar-refractivity contribution < 1.29 is 27.9 Å². The lowest BCUT2D eigenvalue weighted by atomic mass is 9.95. The van der Waals surface area contributed by atoms with Crippen molar-refractivity contribution in [1.82, 2.24) is 15.3 Å². The fraction of sp³-hybridized carbons (Fsp3) is 0.267. The number of alkyl halides is 3. The van der Waals surface area contributed by atoms with Gasteiger partial charge in [0.05, 0.1) is 16.5 Å². The zero-order chi connectivity index (χ0) is 29.5. The molecule has 2 N–H and O–H groups in total. The molecule has 1 amide bonds. The lowest BCUT2D eigenvalue weighted by Crippen LogP contribution is -2.37. The predicted octanol–water partition coefficient (Wildman–Crippen LogP) is 6.34. The molecule has 2 aromatic heterocycles. The molecule has 0 saturated carbocycles. The van der Waals surface area contributed by atoms with E-state index in [1.807, 2.05) is 30.3 Å². The van der Waals surface area contributed by atoms with Crippen LogP contribution in [0.15, 0.2) is 73.1 Å². The first-order chi connectivity index (χ1) is 18.9. The summed E-state index contributed by atoms with van der Waals surface area (Å²) in [6.07, 6.45) is -0.199. The van der Waals surface area contributed by atoms with Crippen LogP contribution < -0.4 is 5.32 Å². The largest absolute Gasteiger partial charge is 0.416 e. The minimum absolute atomic E-state index is 0.0543. The highest BCUT2D eigenvalue weighted by Crippen LogP contribution is 2.31. The Morgan fingerprint density at radius 1 is 0.900 bits per heavy atom. The number of nitrogens with one attached hydrogen (secondary N) is 1. The Morgan fingerprint density at radius 2 is 1.48 bits per heavy atom. The molecule has 0 spiro atoms. The molecular formula is C30H30F3N3O3S. The monoisotopic (exact) mass is 569 g/mol. The summed E-state index contributed by atoms with van der Waals surface area (Å²) >= 11 is 1.42. The molecule has 0 saturated heterocycles. The highest BCUT2D eigenvalue weighted by Gasteiger charge is 2.30. The van der Waals surface area contributed by atoms with Gasteiger partial charge in [-0.05, 0) is 47.2 Å². The number of aliphatic hydroxyl groups is 1. The molecule has 6 nitrogen and oxygen atoms in total. The van der Waals surface area contributed by atoms with E-state index in [0.29, 0.717) is 28.2 Å². The summed E-state index contributed by atoms with van der Waals surface area (Å²) in [7, 11) is 1.00. The van der Waals surface area contributed by atoms with Gasteiger partial charge in [0.1, 0.15) is 6.29 Å². The van der Waals surface area contributed by atoms with E-state index >= 15 is 0 Å². The summed E-state index contributed by atoms with van der Waals surface area (Å²) in [5, 5.41) is 9.79. The third-order valence-corrected chi connectivity index (χ3v) is 7.42. The Kier molecular flexibility index (Phi) is 9.94. The first kappa shape index (κ1) is 30.6. The van der Waals surface area contributed by atoms with Crippen molar-refractivity contribution in [1.29, 1.82) is 0 Å². The maximum atomic E-state index is 12.8. The second-order valence-corrected chi connectivity index (χ2v) is 11.0. The van der Waals surface area contributed by atoms with Gasteiger partial charge in [0.25, 0.3) is 5.91 Å². The number of nitrogens with zero attached hydrogens (tertiary/aromatic N) is 2. The number of hydrogen-bond acceptors (Lipinski definition) is 6. The SMILES string of the molecule is CC(C)(C)c1ccc(C(=O)NC(C=O)Cc2ccc(-c3ncc(-c4ccc(C(F)(F)F)cc4)cn3)cc2)s1.CO. The number of aliphatic hydroxyl groups excluding tert-OH is 1. The number of hydrogen-bond donors (Lipinski definition) is 2. The van der Waals surface area contributed by atoms with E-state index in [1.54, 1.807) is 18.5 Å². The van der Waals surface area contributed by atoms with Crippen LogP contribution in [0.3, 0.4) is 0 Å². The number of benzene rings is 2. The fourth-order valence-corrected chi connectivity index (χ4v) is 4.72. The van der Waals surface area contributed by atoms with Crippen LogP contribution in [-0.4, -0.2) is 40.4 Å². The number of thiophene rings is 1. The quantitative estimate of drug-likeness (QED) is 0.254. The summed E-state index contributed by atoms with van der Waals surface area (Å²) in [6, 6.07) is 15.2. The van der Waals surface area contributed by atoms with Crippen LogP contribution in [0, 0.1) is 0 Å². The van der Waals surface area contributed by atoms with Crippen molar-refractivity contribution in [3.63, 3.8) is 0 Å². The Labute approximate surface area is 235 Å². The van der Waals surface area contributed by atoms with Crippen LogP contribution in [-0.2, 0) is 22.8 Å². The minimum atomic E-state index is -4.39. The standard InChI is InChI=1S/C29H26F3N3O2S.CH4O/c1-28(2,3)25-13-12-24(38-25)27(37)35-23(17-36)14-18-4-6-20(7-5-18)26-33-15-21(16-34-26)19-8-10-22(11-9-19)29(30,31)32;1-2/h4-13,15-17,23H,14H2,1-3H3,(H,35,37);2H,1H3. The molecule has 210 valence electrons. The van der Waals surface area contributed by atoms with Crippen molar-refractivity contribution >= 4 is 23.5 Å². The zero-order valence-electron chi connectivity index (χ0n) is 22.5. The van der Waals surface area contributed by atoms with E-state index in [9.17, 15) is 22.8 Å². The molecule has 2 heterocycles. The highest BCUT2D eigenvalue weighted by molar-refractivity contribution is 7.14. The highest BCUT2D eigenvalue weighted by atomic mass is 32.1. The summed E-state index contributed by atoms with van der Waals surface area (Å²) in [6.45, 7) is 6.24. The normalized spacial score (nSPS) is 12.2. The van der Waals surface area contributed by atoms with Gasteiger partial charge in [-0.3, -0.25) is 4.79 Å². The first-order valence-corrected chi connectivity index (χ1v) is 13.2. The van der Waals surface area contributed by atoms with Crippen LogP contribution in [0.2, 0.25) is 0 Å². The first-order valence-electron chi connectivity index (χ1n) is 12.3. The van der Waals surface area contributed by atoms with E-state index < -0.39 is 17.8 Å². The molecule has 1 unspecified atom stereocenters. The van der Waals surface area contributed by atoms with E-state index in [2.05, 4.69) is 36.1 Å². The van der Waals surface area contributed by atoms with Gasteiger partial charge in [-0.2, -0.15) is 13.2 Å². The maximum Gasteiger partial charge on any atom is 0.416 e. The zero-order valence-corrected chi connectivity index (χ0v) is 23.3. The Balaban J connectivity index is 0.00000216. The van der Waals surface area contributed by atoms with E-state index in [0.717, 1.165) is 41.5 Å². The summed E-state index contributed by atoms with van der Waals surface area (Å²) < 4.78 is 38.4. The fourth-order valence-electron chi connectivity index (χ4n) is 3.76. The molecule has 1 atom stereocenters. The van der Waals surface area contributed by atoms with Crippen LogP contribution in [0.4, 0.5) is 13.2 Å². The van der Waals surface area contributed by atoms with E-state index in [1.165, 1.54) is 23.5 Å². The Hall–Kier alpha value is -3.89. The molecule has 10 heteroatoms. The molecule has 2 aromatic carbocycles. The second-order valence-electron chi connectivity index (χ2n) is 9.90. The molecule has 0 aliphatic heterocycles. The molecule has 0 fully saturated rings. The number of halogens is 3. The lowest BCUT2D eigenvalue weighted by Gasteiger charge is -2.15. The number of aldehydes is 1. The van der Waals surface area contributed by atoms with Gasteiger partial charge < -0.3 is 15.2 Å². The van der Waals surface area contributed by atoms with Gasteiger partial charge in [0.2, 0.25) is 0 Å². The summed E-state index contributed by atoms with van der Waals surface area (Å²) in [4.78, 5) is 34.7. The minimum Gasteiger partial charge on any atom is -0.400 e. The topological polar surface area (TPSA) is 92.2 Å². The average molecular weight is 570 g/mol. The van der Waals surface area contributed by atoms with Crippen LogP contribution in [0.25, 0.3) is 22.5 Å². The van der Waals surface area contributed by atoms with Gasteiger partial charge in [-0.15, -0.1) is 11.3 Å². The number of aromatic nitrogens is 2. The molecule has 0 aliphatic carbocycles. The molecule has 0 aliphatic rings. The number of amides is 1. The molecule has 40 heavy (non-hydrogen) atoms. The smallest absolute Gasteiger partial charge is 0.400 e. The van der Waals surface area contributed by atoms with Gasteiger partial charge in [-0.1, -0.05) is 57.2 Å². The second kappa shape index (κ2) is 13.0. The maximum absolute atomic E-state index is 12.8. The van der Waals surface area contributed by atoms with Crippen molar-refractivity contribution in [3.8, 4) is 22.5 Å². The van der Waals surface area contributed by atoms with E-state index in [-0.39, 0.29) is 11.3 Å². The van der Waals surface area contributed by atoms with Gasteiger partial charge >= 0.3 is 6.18 Å². The van der Waals surface area contributed by atoms with Crippen molar-refractivity contribution in [2.75, 3.05) is 7.11 Å². The number of carbonyl (C=O) groups is 2. The average Bonchev–Trinajstić information content (AvgIpc) is 3.46. The summed E-state index contributed by atoms with van der Waals surface area (Å²) in [5.74, 6) is 0.181. The van der Waals surface area contributed by atoms with Crippen LogP contribution >= 0.6 is 11.3 Å². The van der Waals surface area contributed by atoms with E-state index in [4.69, 9.17) is 5.11 Å². The molecule has 0 bridgehead atoms. The Morgan fingerprint density at radius 3 is 1.98 bits per heavy atom. The van der Waals surface area contributed by atoms with Crippen molar-refractivity contribution in [2.24, 2.45) is 0 Å². The molecular weight excluding hydrogens is 539 g/mol. The number of rotatable bonds is 7. The lowest BCUT2D eigenvalue weighted by molar-refractivity contribution is -0.137. The third kappa shape index (κ3) is 7.83.